The molecule has 0 saturated carbocycles. The Bertz CT molecular complexity index is 859. The predicted molar refractivity (Wildman–Crippen MR) is 88.8 cm³/mol. The van der Waals surface area contributed by atoms with Crippen LogP contribution in [0.5, 0.6) is 0 Å². The molecular weight excluding hydrogens is 314 g/mol. The maximum Gasteiger partial charge on any atom is 0.281 e. The van der Waals surface area contributed by atoms with Gasteiger partial charge in [0.2, 0.25) is 5.91 Å². The molecule has 3 aromatic heterocycles. The molecule has 0 aliphatic heterocycles. The minimum absolute atomic E-state index is 0.0232. The molecule has 8 heteroatoms. The summed E-state index contributed by atoms with van der Waals surface area (Å²) in [5.41, 5.74) is 1.02. The first-order chi connectivity index (χ1) is 11.2. The number of anilines is 1. The quantitative estimate of drug-likeness (QED) is 0.702. The van der Waals surface area contributed by atoms with Gasteiger partial charge in [0.25, 0.3) is 5.56 Å². The van der Waals surface area contributed by atoms with E-state index in [-0.39, 0.29) is 18.0 Å². The maximum absolute atomic E-state index is 12.1. The van der Waals surface area contributed by atoms with E-state index in [4.69, 9.17) is 0 Å². The van der Waals surface area contributed by atoms with Crippen molar-refractivity contribution in [3.8, 4) is 0 Å². The van der Waals surface area contributed by atoms with Crippen LogP contribution in [0.25, 0.3) is 4.96 Å². The molecule has 1 amide bonds. The van der Waals surface area contributed by atoms with Gasteiger partial charge in [-0.1, -0.05) is 6.07 Å². The Kier molecular flexibility index (Phi) is 4.62. The number of carbonyl (C=O) groups excluding carboxylic acids is 1. The van der Waals surface area contributed by atoms with Crippen LogP contribution in [0.2, 0.25) is 0 Å². The molecule has 3 heterocycles. The summed E-state index contributed by atoms with van der Waals surface area (Å²) in [5, 5.41) is 7.40. The number of nitrogens with zero attached hydrogens (tertiary/aromatic N) is 3. The lowest BCUT2D eigenvalue weighted by Crippen LogP contribution is -2.33. The van der Waals surface area contributed by atoms with Crippen molar-refractivity contribution in [1.82, 2.24) is 19.7 Å². The van der Waals surface area contributed by atoms with Gasteiger partial charge in [0, 0.05) is 36.4 Å². The van der Waals surface area contributed by atoms with Gasteiger partial charge in [-0.3, -0.25) is 19.0 Å². The van der Waals surface area contributed by atoms with Gasteiger partial charge in [-0.2, -0.15) is 0 Å². The molecule has 0 aliphatic rings. The molecule has 2 N–H and O–H groups in total. The summed E-state index contributed by atoms with van der Waals surface area (Å²) in [5.74, 6) is -0.184. The Labute approximate surface area is 136 Å². The van der Waals surface area contributed by atoms with Crippen molar-refractivity contribution in [3.63, 3.8) is 0 Å². The predicted octanol–water partition coefficient (Wildman–Crippen LogP) is 0.922. The molecular formula is C15H15N5O2S. The second-order valence-electron chi connectivity index (χ2n) is 4.81. The highest BCUT2D eigenvalue weighted by Crippen LogP contribution is 2.07. The van der Waals surface area contributed by atoms with E-state index in [0.29, 0.717) is 23.6 Å². The van der Waals surface area contributed by atoms with Crippen LogP contribution in [0.3, 0.4) is 0 Å². The minimum Gasteiger partial charge on any atom is -0.370 e. The highest BCUT2D eigenvalue weighted by molar-refractivity contribution is 7.15. The third-order valence-corrected chi connectivity index (χ3v) is 3.98. The van der Waals surface area contributed by atoms with Crippen molar-refractivity contribution < 1.29 is 4.79 Å². The van der Waals surface area contributed by atoms with Crippen molar-refractivity contribution in [2.45, 2.75) is 6.42 Å². The molecule has 0 aliphatic carbocycles. The van der Waals surface area contributed by atoms with Gasteiger partial charge < -0.3 is 10.6 Å². The highest BCUT2D eigenvalue weighted by Gasteiger charge is 2.07. The molecule has 3 aromatic rings. The Morgan fingerprint density at radius 3 is 3.04 bits per heavy atom. The summed E-state index contributed by atoms with van der Waals surface area (Å²) in [7, 11) is 0. The van der Waals surface area contributed by atoms with E-state index < -0.39 is 0 Å². The Morgan fingerprint density at radius 1 is 1.30 bits per heavy atom. The fourth-order valence-electron chi connectivity index (χ4n) is 2.06. The summed E-state index contributed by atoms with van der Waals surface area (Å²) in [4.78, 5) is 32.9. The molecule has 0 atom stereocenters. The Balaban J connectivity index is 1.50. The lowest BCUT2D eigenvalue weighted by molar-refractivity contribution is -0.119. The molecule has 0 bridgehead atoms. The number of nitrogens with one attached hydrogen (secondary N) is 2. The molecule has 0 unspecified atom stereocenters. The fourth-order valence-corrected chi connectivity index (χ4v) is 2.74. The van der Waals surface area contributed by atoms with E-state index in [2.05, 4.69) is 20.6 Å². The van der Waals surface area contributed by atoms with Gasteiger partial charge >= 0.3 is 0 Å². The van der Waals surface area contributed by atoms with E-state index in [9.17, 15) is 9.59 Å². The molecule has 0 radical (unpaired) electrons. The molecule has 0 saturated heterocycles. The first kappa shape index (κ1) is 15.2. The van der Waals surface area contributed by atoms with Crippen LogP contribution < -0.4 is 16.2 Å². The normalized spacial score (nSPS) is 10.6. The molecule has 7 nitrogen and oxygen atoms in total. The second-order valence-corrected chi connectivity index (χ2v) is 5.68. The number of hydrogen-bond acceptors (Lipinski definition) is 6. The number of rotatable bonds is 6. The molecule has 0 fully saturated rings. The number of carbonyl (C=O) groups is 1. The number of aromatic nitrogens is 3. The highest BCUT2D eigenvalue weighted by atomic mass is 32.1. The van der Waals surface area contributed by atoms with Gasteiger partial charge in [0.1, 0.15) is 5.69 Å². The maximum atomic E-state index is 12.1. The molecule has 3 rings (SSSR count). The molecule has 0 spiro atoms. The zero-order valence-electron chi connectivity index (χ0n) is 12.2. The fraction of sp³-hybridized carbons (Fsp3) is 0.200. The van der Waals surface area contributed by atoms with Crippen molar-refractivity contribution in [3.05, 3.63) is 58.2 Å². The topological polar surface area (TPSA) is 88.4 Å². The smallest absolute Gasteiger partial charge is 0.281 e. The van der Waals surface area contributed by atoms with Crippen molar-refractivity contribution >= 4 is 27.9 Å². The standard InChI is InChI=1S/C15H15N5O2S/c21-13(17-6-4-11-3-1-2-5-16-11)10-18-12-9-19-15-20(14(12)22)7-8-23-15/h1-3,5,7-9,18H,4,6,10H2,(H,17,21). The third-order valence-electron chi connectivity index (χ3n) is 3.21. The lowest BCUT2D eigenvalue weighted by Gasteiger charge is -2.07. The summed E-state index contributed by atoms with van der Waals surface area (Å²) in [6.45, 7) is 0.521. The van der Waals surface area contributed by atoms with E-state index >= 15 is 0 Å². The minimum atomic E-state index is -0.211. The second kappa shape index (κ2) is 7.01. The van der Waals surface area contributed by atoms with Crippen molar-refractivity contribution in [1.29, 1.82) is 0 Å². The van der Waals surface area contributed by atoms with Crippen LogP contribution in [0, 0.1) is 0 Å². The van der Waals surface area contributed by atoms with E-state index in [1.165, 1.54) is 21.9 Å². The Morgan fingerprint density at radius 2 is 2.22 bits per heavy atom. The van der Waals surface area contributed by atoms with Crippen LogP contribution in [0.4, 0.5) is 5.69 Å². The summed E-state index contributed by atoms with van der Waals surface area (Å²) in [6.07, 6.45) is 5.50. The molecule has 0 aromatic carbocycles. The third kappa shape index (κ3) is 3.72. The monoisotopic (exact) mass is 329 g/mol. The van der Waals surface area contributed by atoms with Crippen LogP contribution in [0.15, 0.2) is 47.0 Å². The number of fused-ring (bicyclic) bond motifs is 1. The summed E-state index contributed by atoms with van der Waals surface area (Å²) >= 11 is 1.38. The van der Waals surface area contributed by atoms with Crippen LogP contribution >= 0.6 is 11.3 Å². The average molecular weight is 329 g/mol. The van der Waals surface area contributed by atoms with E-state index in [1.807, 2.05) is 18.2 Å². The lowest BCUT2D eigenvalue weighted by atomic mass is 10.3. The average Bonchev–Trinajstić information content (AvgIpc) is 3.05. The zero-order chi connectivity index (χ0) is 16.1. The summed E-state index contributed by atoms with van der Waals surface area (Å²) in [6, 6.07) is 5.67. The van der Waals surface area contributed by atoms with Crippen LogP contribution in [-0.2, 0) is 11.2 Å². The van der Waals surface area contributed by atoms with E-state index in [0.717, 1.165) is 5.69 Å². The van der Waals surface area contributed by atoms with E-state index in [1.54, 1.807) is 17.8 Å². The SMILES string of the molecule is O=C(CNc1cnc2sccn2c1=O)NCCc1ccccn1. The van der Waals surface area contributed by atoms with Gasteiger partial charge in [-0.05, 0) is 12.1 Å². The van der Waals surface area contributed by atoms with Gasteiger partial charge in [0.05, 0.1) is 12.7 Å². The first-order valence-corrected chi connectivity index (χ1v) is 7.97. The van der Waals surface area contributed by atoms with Crippen LogP contribution in [0.1, 0.15) is 5.69 Å². The zero-order valence-corrected chi connectivity index (χ0v) is 13.0. The van der Waals surface area contributed by atoms with Crippen LogP contribution in [-0.4, -0.2) is 33.4 Å². The van der Waals surface area contributed by atoms with Gasteiger partial charge in [0.15, 0.2) is 4.96 Å². The van der Waals surface area contributed by atoms with Crippen molar-refractivity contribution in [2.75, 3.05) is 18.4 Å². The molecule has 23 heavy (non-hydrogen) atoms. The summed E-state index contributed by atoms with van der Waals surface area (Å²) < 4.78 is 1.45. The van der Waals surface area contributed by atoms with Gasteiger partial charge in [-0.15, -0.1) is 11.3 Å². The first-order valence-electron chi connectivity index (χ1n) is 7.09. The van der Waals surface area contributed by atoms with Gasteiger partial charge in [-0.25, -0.2) is 4.98 Å². The molecule has 118 valence electrons. The number of pyridine rings is 1. The number of thiazole rings is 1. The number of hydrogen-bond donors (Lipinski definition) is 2. The van der Waals surface area contributed by atoms with Crippen molar-refractivity contribution in [2.24, 2.45) is 0 Å². The Hall–Kier alpha value is -2.74. The number of amides is 1. The largest absolute Gasteiger partial charge is 0.370 e.